The largest absolute Gasteiger partial charge is 0.388 e. The molecule has 0 amide bonds. The highest BCUT2D eigenvalue weighted by atomic mass is 32.1. The molecule has 3 atom stereocenters. The van der Waals surface area contributed by atoms with Crippen molar-refractivity contribution in [3.63, 3.8) is 0 Å². The Hall–Kier alpha value is -1.23. The van der Waals surface area contributed by atoms with Gasteiger partial charge in [-0.25, -0.2) is 9.97 Å². The maximum absolute atomic E-state index is 5.65. The Balaban J connectivity index is 2.16. The zero-order chi connectivity index (χ0) is 14.0. The van der Waals surface area contributed by atoms with Crippen LogP contribution in [-0.2, 0) is 0 Å². The molecule has 1 fully saturated rings. The Kier molecular flexibility index (Phi) is 4.34. The minimum Gasteiger partial charge on any atom is -0.388 e. The number of rotatable bonds is 3. The first-order valence-electron chi connectivity index (χ1n) is 6.89. The van der Waals surface area contributed by atoms with Gasteiger partial charge in [-0.1, -0.05) is 38.9 Å². The average Bonchev–Trinajstić information content (AvgIpc) is 2.34. The van der Waals surface area contributed by atoms with Gasteiger partial charge in [0.05, 0.1) is 0 Å². The van der Waals surface area contributed by atoms with E-state index in [9.17, 15) is 0 Å². The highest BCUT2D eigenvalue weighted by molar-refractivity contribution is 7.80. The van der Waals surface area contributed by atoms with Gasteiger partial charge in [-0.05, 0) is 31.2 Å². The van der Waals surface area contributed by atoms with E-state index in [1.165, 1.54) is 19.3 Å². The predicted octanol–water partition coefficient (Wildman–Crippen LogP) is 2.66. The predicted molar refractivity (Wildman–Crippen MR) is 82.2 cm³/mol. The molecule has 2 rings (SSSR count). The second kappa shape index (κ2) is 5.82. The van der Waals surface area contributed by atoms with Crippen molar-refractivity contribution >= 4 is 23.2 Å². The molecule has 1 aliphatic rings. The van der Waals surface area contributed by atoms with Crippen molar-refractivity contribution in [2.45, 2.75) is 46.1 Å². The highest BCUT2D eigenvalue weighted by Crippen LogP contribution is 2.31. The molecule has 3 N–H and O–H groups in total. The van der Waals surface area contributed by atoms with Crippen molar-refractivity contribution in [1.82, 2.24) is 9.97 Å². The van der Waals surface area contributed by atoms with Crippen LogP contribution in [0.25, 0.3) is 0 Å². The third kappa shape index (κ3) is 3.41. The lowest BCUT2D eigenvalue weighted by molar-refractivity contribution is 0.252. The molecule has 0 aromatic carbocycles. The summed E-state index contributed by atoms with van der Waals surface area (Å²) in [5.74, 6) is 2.02. The van der Waals surface area contributed by atoms with Gasteiger partial charge in [-0.3, -0.25) is 0 Å². The van der Waals surface area contributed by atoms with Crippen LogP contribution in [0.2, 0.25) is 0 Å². The van der Waals surface area contributed by atoms with Crippen molar-refractivity contribution in [1.29, 1.82) is 0 Å². The third-order valence-corrected chi connectivity index (χ3v) is 4.34. The van der Waals surface area contributed by atoms with E-state index in [1.807, 2.05) is 13.0 Å². The van der Waals surface area contributed by atoms with Crippen LogP contribution >= 0.6 is 12.2 Å². The molecule has 104 valence electrons. The van der Waals surface area contributed by atoms with Gasteiger partial charge in [0.2, 0.25) is 5.95 Å². The third-order valence-electron chi connectivity index (χ3n) is 4.13. The van der Waals surface area contributed by atoms with Crippen LogP contribution in [-0.4, -0.2) is 21.0 Å². The van der Waals surface area contributed by atoms with Gasteiger partial charge in [-0.15, -0.1) is 0 Å². The molecule has 0 bridgehead atoms. The summed E-state index contributed by atoms with van der Waals surface area (Å²) in [6.45, 7) is 6.55. The van der Waals surface area contributed by atoms with Gasteiger partial charge in [-0.2, -0.15) is 0 Å². The van der Waals surface area contributed by atoms with Gasteiger partial charge >= 0.3 is 0 Å². The molecule has 0 radical (unpaired) electrons. The smallest absolute Gasteiger partial charge is 0.223 e. The fourth-order valence-electron chi connectivity index (χ4n) is 2.71. The number of thiocarbonyl (C=S) groups is 1. The van der Waals surface area contributed by atoms with E-state index in [2.05, 4.69) is 29.1 Å². The molecule has 0 aliphatic heterocycles. The summed E-state index contributed by atoms with van der Waals surface area (Å²) < 4.78 is 0. The summed E-state index contributed by atoms with van der Waals surface area (Å²) in [6.07, 6.45) is 3.74. The number of nitrogens with two attached hydrogens (primary N) is 1. The molecular formula is C14H22N4S. The van der Waals surface area contributed by atoms with Gasteiger partial charge in [0.25, 0.3) is 0 Å². The number of nitrogens with zero attached hydrogens (tertiary/aromatic N) is 2. The number of aryl methyl sites for hydroxylation is 1. The summed E-state index contributed by atoms with van der Waals surface area (Å²) in [4.78, 5) is 9.15. The maximum Gasteiger partial charge on any atom is 0.223 e. The van der Waals surface area contributed by atoms with Gasteiger partial charge in [0.1, 0.15) is 10.7 Å². The topological polar surface area (TPSA) is 63.8 Å². The van der Waals surface area contributed by atoms with Crippen molar-refractivity contribution < 1.29 is 0 Å². The maximum atomic E-state index is 5.65. The first-order chi connectivity index (χ1) is 8.97. The molecule has 1 saturated carbocycles. The molecule has 1 aromatic rings. The Morgan fingerprint density at radius 1 is 1.37 bits per heavy atom. The molecular weight excluding hydrogens is 256 g/mol. The fraction of sp³-hybridized carbons (Fsp3) is 0.643. The van der Waals surface area contributed by atoms with Gasteiger partial charge < -0.3 is 11.1 Å². The van der Waals surface area contributed by atoms with Crippen LogP contribution in [0.5, 0.6) is 0 Å². The number of aromatic nitrogens is 2. The Morgan fingerprint density at radius 3 is 2.79 bits per heavy atom. The van der Waals surface area contributed by atoms with Crippen LogP contribution < -0.4 is 11.1 Å². The van der Waals surface area contributed by atoms with Crippen LogP contribution in [0, 0.1) is 18.8 Å². The summed E-state index contributed by atoms with van der Waals surface area (Å²) in [7, 11) is 0. The van der Waals surface area contributed by atoms with E-state index in [-0.39, 0.29) is 0 Å². The molecule has 0 saturated heterocycles. The summed E-state index contributed by atoms with van der Waals surface area (Å²) in [5, 5.41) is 3.46. The van der Waals surface area contributed by atoms with Gasteiger partial charge in [0.15, 0.2) is 0 Å². The lowest BCUT2D eigenvalue weighted by atomic mass is 9.78. The summed E-state index contributed by atoms with van der Waals surface area (Å²) in [5.41, 5.74) is 7.17. The second-order valence-corrected chi connectivity index (χ2v) is 6.04. The van der Waals surface area contributed by atoms with E-state index < -0.39 is 0 Å². The first kappa shape index (κ1) is 14.2. The Morgan fingerprint density at radius 2 is 2.11 bits per heavy atom. The number of hydrogen-bond donors (Lipinski definition) is 2. The zero-order valence-corrected chi connectivity index (χ0v) is 12.6. The second-order valence-electron chi connectivity index (χ2n) is 5.60. The SMILES string of the molecule is Cc1cc(C(N)=S)nc(NC2CCCC(C)C2C)n1. The molecule has 0 spiro atoms. The molecule has 1 aliphatic carbocycles. The van der Waals surface area contributed by atoms with Crippen LogP contribution in [0.4, 0.5) is 5.95 Å². The highest BCUT2D eigenvalue weighted by Gasteiger charge is 2.27. The van der Waals surface area contributed by atoms with E-state index in [0.29, 0.717) is 28.6 Å². The zero-order valence-electron chi connectivity index (χ0n) is 11.8. The van der Waals surface area contributed by atoms with Crippen molar-refractivity contribution in [3.05, 3.63) is 17.5 Å². The minimum absolute atomic E-state index is 0.318. The standard InChI is InChI=1S/C14H22N4S/c1-8-5-4-6-11(10(8)3)17-14-16-9(2)7-12(18-14)13(15)19/h7-8,10-11H,4-6H2,1-3H3,(H2,15,19)(H,16,17,18). The van der Waals surface area contributed by atoms with Crippen molar-refractivity contribution in [3.8, 4) is 0 Å². The van der Waals surface area contributed by atoms with E-state index in [1.54, 1.807) is 0 Å². The molecule has 3 unspecified atom stereocenters. The van der Waals surface area contributed by atoms with Crippen LogP contribution in [0.1, 0.15) is 44.5 Å². The quantitative estimate of drug-likeness (QED) is 0.832. The molecule has 19 heavy (non-hydrogen) atoms. The van der Waals surface area contributed by atoms with Gasteiger partial charge in [0, 0.05) is 11.7 Å². The molecule has 4 nitrogen and oxygen atoms in total. The normalized spacial score (nSPS) is 27.0. The molecule has 1 heterocycles. The summed E-state index contributed by atoms with van der Waals surface area (Å²) >= 11 is 4.99. The number of nitrogens with one attached hydrogen (secondary N) is 1. The van der Waals surface area contributed by atoms with E-state index in [0.717, 1.165) is 11.6 Å². The van der Waals surface area contributed by atoms with Crippen molar-refractivity contribution in [2.24, 2.45) is 17.6 Å². The lowest BCUT2D eigenvalue weighted by Crippen LogP contribution is -2.35. The first-order valence-corrected chi connectivity index (χ1v) is 7.30. The number of hydrogen-bond acceptors (Lipinski definition) is 4. The number of anilines is 1. The Bertz CT molecular complexity index is 475. The van der Waals surface area contributed by atoms with Crippen LogP contribution in [0.3, 0.4) is 0 Å². The Labute approximate surface area is 120 Å². The molecule has 5 heteroatoms. The summed E-state index contributed by atoms with van der Waals surface area (Å²) in [6, 6.07) is 2.25. The van der Waals surface area contributed by atoms with Crippen LogP contribution in [0.15, 0.2) is 6.07 Å². The van der Waals surface area contributed by atoms with Crippen molar-refractivity contribution in [2.75, 3.05) is 5.32 Å². The lowest BCUT2D eigenvalue weighted by Gasteiger charge is -2.34. The fourth-order valence-corrected chi connectivity index (χ4v) is 2.82. The monoisotopic (exact) mass is 278 g/mol. The van der Waals surface area contributed by atoms with E-state index >= 15 is 0 Å². The molecule has 1 aromatic heterocycles. The average molecular weight is 278 g/mol. The minimum atomic E-state index is 0.318. The van der Waals surface area contributed by atoms with E-state index in [4.69, 9.17) is 18.0 Å².